The van der Waals surface area contributed by atoms with Crippen molar-refractivity contribution in [2.75, 3.05) is 32.7 Å². The SMILES string of the molecule is c1cc(CCCCCN2CCC[N]CC2)cs1. The van der Waals surface area contributed by atoms with Crippen LogP contribution in [-0.4, -0.2) is 37.6 Å². The van der Waals surface area contributed by atoms with Gasteiger partial charge in [0.15, 0.2) is 0 Å². The van der Waals surface area contributed by atoms with Gasteiger partial charge < -0.3 is 4.90 Å². The zero-order chi connectivity index (χ0) is 11.8. The van der Waals surface area contributed by atoms with Gasteiger partial charge in [-0.3, -0.25) is 0 Å². The Balaban J connectivity index is 1.50. The molecule has 0 amide bonds. The molecule has 1 aromatic heterocycles. The highest BCUT2D eigenvalue weighted by molar-refractivity contribution is 7.07. The monoisotopic (exact) mass is 251 g/mol. The molecule has 1 fully saturated rings. The van der Waals surface area contributed by atoms with Crippen LogP contribution in [0.25, 0.3) is 0 Å². The van der Waals surface area contributed by atoms with Crippen LogP contribution in [0.5, 0.6) is 0 Å². The topological polar surface area (TPSA) is 17.3 Å². The molecule has 3 heteroatoms. The Hall–Kier alpha value is -0.380. The quantitative estimate of drug-likeness (QED) is 0.711. The normalized spacial score (nSPS) is 18.1. The predicted octanol–water partition coefficient (Wildman–Crippen LogP) is 2.77. The molecule has 0 N–H and O–H groups in total. The second-order valence-corrected chi connectivity index (χ2v) is 5.59. The molecule has 1 radical (unpaired) electrons. The van der Waals surface area contributed by atoms with Crippen molar-refractivity contribution in [2.45, 2.75) is 32.1 Å². The van der Waals surface area contributed by atoms with Gasteiger partial charge in [0.1, 0.15) is 0 Å². The van der Waals surface area contributed by atoms with Gasteiger partial charge in [0.05, 0.1) is 0 Å². The van der Waals surface area contributed by atoms with Crippen LogP contribution in [0.3, 0.4) is 0 Å². The van der Waals surface area contributed by atoms with Crippen molar-refractivity contribution in [3.05, 3.63) is 22.4 Å². The third-order valence-corrected chi connectivity index (χ3v) is 4.12. The lowest BCUT2D eigenvalue weighted by molar-refractivity contribution is 0.285. The van der Waals surface area contributed by atoms with Crippen molar-refractivity contribution < 1.29 is 0 Å². The van der Waals surface area contributed by atoms with E-state index in [4.69, 9.17) is 0 Å². The number of nitrogens with zero attached hydrogens (tertiary/aromatic N) is 2. The molecular formula is C14H23N2S. The Kier molecular flexibility index (Phi) is 6.03. The van der Waals surface area contributed by atoms with E-state index >= 15 is 0 Å². The lowest BCUT2D eigenvalue weighted by Crippen LogP contribution is -2.28. The van der Waals surface area contributed by atoms with E-state index in [-0.39, 0.29) is 0 Å². The van der Waals surface area contributed by atoms with Gasteiger partial charge in [0, 0.05) is 19.6 Å². The Morgan fingerprint density at radius 3 is 3.06 bits per heavy atom. The number of rotatable bonds is 6. The van der Waals surface area contributed by atoms with Crippen LogP contribution in [0, 0.1) is 0 Å². The number of hydrogen-bond donors (Lipinski definition) is 0. The zero-order valence-electron chi connectivity index (χ0n) is 10.6. The zero-order valence-corrected chi connectivity index (χ0v) is 11.4. The fourth-order valence-corrected chi connectivity index (χ4v) is 3.04. The summed E-state index contributed by atoms with van der Waals surface area (Å²) < 4.78 is 0. The first-order chi connectivity index (χ1) is 8.45. The average molecular weight is 251 g/mol. The summed E-state index contributed by atoms with van der Waals surface area (Å²) in [6, 6.07) is 2.25. The Bertz CT molecular complexity index is 276. The van der Waals surface area contributed by atoms with Gasteiger partial charge in [-0.1, -0.05) is 6.42 Å². The summed E-state index contributed by atoms with van der Waals surface area (Å²) in [5.74, 6) is 0. The number of aryl methyl sites for hydroxylation is 1. The molecule has 1 aliphatic rings. The summed E-state index contributed by atoms with van der Waals surface area (Å²) in [5, 5.41) is 8.91. The van der Waals surface area contributed by atoms with Crippen LogP contribution in [0.15, 0.2) is 16.8 Å². The maximum atomic E-state index is 4.46. The molecule has 1 saturated heterocycles. The van der Waals surface area contributed by atoms with E-state index in [2.05, 4.69) is 27.0 Å². The number of thiophene rings is 1. The van der Waals surface area contributed by atoms with Gasteiger partial charge in [-0.15, -0.1) is 0 Å². The standard InChI is InChI=1S/C14H23N2S/c1(2-5-14-6-12-17-13-14)3-9-16-10-4-7-15-8-11-16/h6,12-13H,1-5,7-11H2. The maximum Gasteiger partial charge on any atom is 0.0261 e. The summed E-state index contributed by atoms with van der Waals surface area (Å²) in [6.45, 7) is 5.85. The first-order valence-corrected chi connectivity index (χ1v) is 7.76. The van der Waals surface area contributed by atoms with Gasteiger partial charge in [-0.05, 0) is 61.2 Å². The molecule has 1 aromatic rings. The number of unbranched alkanes of at least 4 members (excludes halogenated alkanes) is 2. The summed E-state index contributed by atoms with van der Waals surface area (Å²) in [4.78, 5) is 2.58. The Morgan fingerprint density at radius 2 is 2.18 bits per heavy atom. The smallest absolute Gasteiger partial charge is 0.0261 e. The van der Waals surface area contributed by atoms with Crippen molar-refractivity contribution >= 4 is 11.3 Å². The average Bonchev–Trinajstić information content (AvgIpc) is 2.72. The van der Waals surface area contributed by atoms with E-state index in [1.807, 2.05) is 11.3 Å². The summed E-state index contributed by atoms with van der Waals surface area (Å²) in [5.41, 5.74) is 1.52. The fraction of sp³-hybridized carbons (Fsp3) is 0.714. The summed E-state index contributed by atoms with van der Waals surface area (Å²) in [6.07, 6.45) is 6.58. The van der Waals surface area contributed by atoms with Crippen molar-refractivity contribution in [1.29, 1.82) is 0 Å². The maximum absolute atomic E-state index is 4.46. The lowest BCUT2D eigenvalue weighted by Gasteiger charge is -2.18. The van der Waals surface area contributed by atoms with Crippen LogP contribution in [-0.2, 0) is 6.42 Å². The Morgan fingerprint density at radius 1 is 1.18 bits per heavy atom. The highest BCUT2D eigenvalue weighted by Gasteiger charge is 2.07. The second kappa shape index (κ2) is 7.85. The minimum absolute atomic E-state index is 1.05. The van der Waals surface area contributed by atoms with E-state index < -0.39 is 0 Å². The van der Waals surface area contributed by atoms with Gasteiger partial charge in [-0.2, -0.15) is 11.3 Å². The second-order valence-electron chi connectivity index (χ2n) is 4.81. The van der Waals surface area contributed by atoms with Crippen molar-refractivity contribution in [3.8, 4) is 0 Å². The molecule has 0 saturated carbocycles. The molecule has 0 atom stereocenters. The molecule has 95 valence electrons. The van der Waals surface area contributed by atoms with Crippen LogP contribution < -0.4 is 5.32 Å². The van der Waals surface area contributed by atoms with Gasteiger partial charge in [0.2, 0.25) is 0 Å². The molecule has 1 aliphatic heterocycles. The minimum Gasteiger partial charge on any atom is -0.302 e. The molecular weight excluding hydrogens is 228 g/mol. The fourth-order valence-electron chi connectivity index (χ4n) is 2.34. The van der Waals surface area contributed by atoms with Crippen LogP contribution in [0.4, 0.5) is 0 Å². The van der Waals surface area contributed by atoms with Crippen LogP contribution >= 0.6 is 11.3 Å². The third kappa shape index (κ3) is 5.19. The largest absolute Gasteiger partial charge is 0.302 e. The van der Waals surface area contributed by atoms with Gasteiger partial charge >= 0.3 is 0 Å². The first-order valence-electron chi connectivity index (χ1n) is 6.82. The highest BCUT2D eigenvalue weighted by Crippen LogP contribution is 2.11. The molecule has 2 rings (SSSR count). The molecule has 0 spiro atoms. The predicted molar refractivity (Wildman–Crippen MR) is 74.8 cm³/mol. The molecule has 0 unspecified atom stereocenters. The van der Waals surface area contributed by atoms with Gasteiger partial charge in [0.25, 0.3) is 0 Å². The Labute approximate surface area is 109 Å². The first kappa shape index (κ1) is 13.1. The van der Waals surface area contributed by atoms with Crippen molar-refractivity contribution in [2.24, 2.45) is 0 Å². The summed E-state index contributed by atoms with van der Waals surface area (Å²) in [7, 11) is 0. The summed E-state index contributed by atoms with van der Waals surface area (Å²) >= 11 is 1.81. The van der Waals surface area contributed by atoms with E-state index in [1.54, 1.807) is 0 Å². The number of hydrogen-bond acceptors (Lipinski definition) is 2. The lowest BCUT2D eigenvalue weighted by atomic mass is 10.1. The van der Waals surface area contributed by atoms with E-state index in [9.17, 15) is 0 Å². The molecule has 0 bridgehead atoms. The van der Waals surface area contributed by atoms with Gasteiger partial charge in [-0.25, -0.2) is 5.32 Å². The molecule has 2 heterocycles. The highest BCUT2D eigenvalue weighted by atomic mass is 32.1. The van der Waals surface area contributed by atoms with Crippen LogP contribution in [0.2, 0.25) is 0 Å². The third-order valence-electron chi connectivity index (χ3n) is 3.38. The van der Waals surface area contributed by atoms with E-state index in [0.29, 0.717) is 0 Å². The molecule has 0 aliphatic carbocycles. The van der Waals surface area contributed by atoms with E-state index in [1.165, 1.54) is 57.3 Å². The molecule has 2 nitrogen and oxygen atoms in total. The minimum atomic E-state index is 1.05. The van der Waals surface area contributed by atoms with Crippen molar-refractivity contribution in [1.82, 2.24) is 10.2 Å². The van der Waals surface area contributed by atoms with Crippen molar-refractivity contribution in [3.63, 3.8) is 0 Å². The molecule has 0 aromatic carbocycles. The van der Waals surface area contributed by atoms with E-state index in [0.717, 1.165) is 13.1 Å². The molecule has 17 heavy (non-hydrogen) atoms. The van der Waals surface area contributed by atoms with Crippen LogP contribution in [0.1, 0.15) is 31.2 Å².